The molecule has 1 unspecified atom stereocenters. The fraction of sp³-hybridized carbons (Fsp3) is 0.433. The number of imidazole rings is 1. The van der Waals surface area contributed by atoms with Gasteiger partial charge in [-0.2, -0.15) is 0 Å². The Balaban J connectivity index is 1.07. The number of H-pyrrole nitrogens is 1. The maximum absolute atomic E-state index is 14.2. The van der Waals surface area contributed by atoms with Crippen molar-refractivity contribution in [3.05, 3.63) is 87.7 Å². The molecule has 1 atom stereocenters. The summed E-state index contributed by atoms with van der Waals surface area (Å²) in [6, 6.07) is 9.51. The molecule has 1 spiro atoms. The number of amides is 2. The van der Waals surface area contributed by atoms with Gasteiger partial charge in [0.15, 0.2) is 0 Å². The van der Waals surface area contributed by atoms with Crippen LogP contribution in [-0.2, 0) is 13.0 Å². The number of aryl methyl sites for hydroxylation is 1. The van der Waals surface area contributed by atoms with Crippen LogP contribution in [0.3, 0.4) is 0 Å². The molecule has 1 aromatic heterocycles. The van der Waals surface area contributed by atoms with Crippen LogP contribution >= 0.6 is 11.6 Å². The van der Waals surface area contributed by atoms with Crippen molar-refractivity contribution in [1.82, 2.24) is 25.1 Å². The molecule has 7 nitrogen and oxygen atoms in total. The van der Waals surface area contributed by atoms with Crippen LogP contribution in [0.25, 0.3) is 0 Å². The number of benzene rings is 2. The van der Waals surface area contributed by atoms with Crippen LogP contribution in [0.15, 0.2) is 48.9 Å². The summed E-state index contributed by atoms with van der Waals surface area (Å²) in [6.07, 6.45) is 9.59. The van der Waals surface area contributed by atoms with E-state index < -0.39 is 11.7 Å². The van der Waals surface area contributed by atoms with E-state index in [0.29, 0.717) is 22.4 Å². The molecule has 2 N–H and O–H groups in total. The largest absolute Gasteiger partial charge is 0.351 e. The van der Waals surface area contributed by atoms with Crippen LogP contribution in [0.5, 0.6) is 0 Å². The van der Waals surface area contributed by atoms with E-state index in [-0.39, 0.29) is 17.5 Å². The molecule has 2 aliphatic heterocycles. The Bertz CT molecular complexity index is 1360. The number of aromatic amines is 1. The predicted molar refractivity (Wildman–Crippen MR) is 147 cm³/mol. The fourth-order valence-corrected chi connectivity index (χ4v) is 6.62. The molecule has 39 heavy (non-hydrogen) atoms. The highest BCUT2D eigenvalue weighted by atomic mass is 35.5. The van der Waals surface area contributed by atoms with E-state index in [4.69, 9.17) is 11.6 Å². The van der Waals surface area contributed by atoms with Gasteiger partial charge in [0.25, 0.3) is 11.8 Å². The van der Waals surface area contributed by atoms with E-state index in [1.54, 1.807) is 6.33 Å². The number of nitrogens with one attached hydrogen (secondary N) is 2. The number of hydrogen-bond donors (Lipinski definition) is 2. The summed E-state index contributed by atoms with van der Waals surface area (Å²) in [5.41, 5.74) is 4.03. The van der Waals surface area contributed by atoms with Crippen molar-refractivity contribution in [2.45, 2.75) is 51.1 Å². The third kappa shape index (κ3) is 5.45. The Hall–Kier alpha value is -3.23. The van der Waals surface area contributed by atoms with Gasteiger partial charge in [0, 0.05) is 36.4 Å². The normalized spacial score (nSPS) is 20.7. The Morgan fingerprint density at radius 2 is 1.85 bits per heavy atom. The minimum Gasteiger partial charge on any atom is -0.351 e. The van der Waals surface area contributed by atoms with Gasteiger partial charge in [-0.05, 0) is 98.5 Å². The molecule has 6 rings (SSSR count). The number of rotatable bonds is 5. The SMILES string of the molecule is O=C(NC1CCc2ccc(C(=O)N3CCC4(CCN(Cc5c[nH]cn5)CC4)CC3)cc21)c1cc(Cl)ccc1F. The Labute approximate surface area is 232 Å². The van der Waals surface area contributed by atoms with E-state index in [1.165, 1.54) is 18.2 Å². The third-order valence-corrected chi connectivity index (χ3v) is 9.15. The zero-order chi connectivity index (χ0) is 27.0. The number of nitrogens with zero attached hydrogens (tertiary/aromatic N) is 3. The zero-order valence-electron chi connectivity index (χ0n) is 21.9. The van der Waals surface area contributed by atoms with Crippen molar-refractivity contribution in [2.24, 2.45) is 5.41 Å². The van der Waals surface area contributed by atoms with Crippen molar-refractivity contribution >= 4 is 23.4 Å². The smallest absolute Gasteiger partial charge is 0.254 e. The fourth-order valence-electron chi connectivity index (χ4n) is 6.45. The van der Waals surface area contributed by atoms with Crippen LogP contribution in [0.2, 0.25) is 5.02 Å². The van der Waals surface area contributed by atoms with E-state index in [1.807, 2.05) is 29.3 Å². The Morgan fingerprint density at radius 3 is 2.59 bits per heavy atom. The van der Waals surface area contributed by atoms with Crippen molar-refractivity contribution in [3.63, 3.8) is 0 Å². The van der Waals surface area contributed by atoms with Gasteiger partial charge in [0.05, 0.1) is 23.6 Å². The number of fused-ring (bicyclic) bond motifs is 1. The molecule has 1 aliphatic carbocycles. The van der Waals surface area contributed by atoms with Gasteiger partial charge in [0.2, 0.25) is 0 Å². The number of likely N-dealkylation sites (tertiary alicyclic amines) is 2. The molecule has 9 heteroatoms. The highest BCUT2D eigenvalue weighted by molar-refractivity contribution is 6.31. The average Bonchev–Trinajstić information content (AvgIpc) is 3.61. The van der Waals surface area contributed by atoms with Gasteiger partial charge in [0.1, 0.15) is 5.82 Å². The maximum atomic E-state index is 14.2. The van der Waals surface area contributed by atoms with Gasteiger partial charge in [-0.15, -0.1) is 0 Å². The quantitative estimate of drug-likeness (QED) is 0.462. The number of carbonyl (C=O) groups excluding carboxylic acids is 2. The number of halogens is 2. The summed E-state index contributed by atoms with van der Waals surface area (Å²) in [7, 11) is 0. The molecule has 2 saturated heterocycles. The second kappa shape index (κ2) is 10.7. The Morgan fingerprint density at radius 1 is 1.08 bits per heavy atom. The molecule has 0 bridgehead atoms. The minimum atomic E-state index is -0.606. The lowest BCUT2D eigenvalue weighted by Gasteiger charge is -2.46. The summed E-state index contributed by atoms with van der Waals surface area (Å²) < 4.78 is 14.2. The second-order valence-corrected chi connectivity index (χ2v) is 11.7. The van der Waals surface area contributed by atoms with Crippen LogP contribution in [0.4, 0.5) is 4.39 Å². The van der Waals surface area contributed by atoms with Crippen LogP contribution in [0, 0.1) is 11.2 Å². The van der Waals surface area contributed by atoms with Crippen molar-refractivity contribution < 1.29 is 14.0 Å². The van der Waals surface area contributed by atoms with Gasteiger partial charge >= 0.3 is 0 Å². The number of aromatic nitrogens is 2. The summed E-state index contributed by atoms with van der Waals surface area (Å²) >= 11 is 5.97. The van der Waals surface area contributed by atoms with Crippen LogP contribution < -0.4 is 5.32 Å². The van der Waals surface area contributed by atoms with Crippen LogP contribution in [0.1, 0.15) is 75.7 Å². The van der Waals surface area contributed by atoms with Gasteiger partial charge in [-0.1, -0.05) is 17.7 Å². The first kappa shape index (κ1) is 26.0. The topological polar surface area (TPSA) is 81.3 Å². The molecule has 0 saturated carbocycles. The van der Waals surface area contributed by atoms with Crippen molar-refractivity contribution in [2.75, 3.05) is 26.2 Å². The second-order valence-electron chi connectivity index (χ2n) is 11.2. The zero-order valence-corrected chi connectivity index (χ0v) is 22.6. The van der Waals surface area contributed by atoms with Gasteiger partial charge in [-0.25, -0.2) is 9.37 Å². The van der Waals surface area contributed by atoms with E-state index in [2.05, 4.69) is 20.2 Å². The standard InChI is InChI=1S/C30H33ClFN5O2/c31-22-4-5-26(32)25(16-22)28(38)35-27-6-3-20-1-2-21(15-24(20)27)29(39)37-13-9-30(10-14-37)7-11-36(12-8-30)18-23-17-33-19-34-23/h1-2,4-5,15-17,19,27H,3,6-14,18H2,(H,33,34)(H,35,38). The maximum Gasteiger partial charge on any atom is 0.254 e. The predicted octanol–water partition coefficient (Wildman–Crippen LogP) is 5.14. The average molecular weight is 550 g/mol. The summed E-state index contributed by atoms with van der Waals surface area (Å²) in [5.74, 6) is -1.06. The molecular weight excluding hydrogens is 517 g/mol. The molecule has 2 aromatic carbocycles. The van der Waals surface area contributed by atoms with Gasteiger partial charge < -0.3 is 15.2 Å². The van der Waals surface area contributed by atoms with Gasteiger partial charge in [-0.3, -0.25) is 14.5 Å². The molecule has 3 aliphatic rings. The monoisotopic (exact) mass is 549 g/mol. The first-order valence-corrected chi connectivity index (χ1v) is 14.1. The van der Waals surface area contributed by atoms with Crippen molar-refractivity contribution in [3.8, 4) is 0 Å². The Kier molecular flexibility index (Phi) is 7.16. The molecule has 3 heterocycles. The lowest BCUT2D eigenvalue weighted by molar-refractivity contribution is 0.0282. The number of carbonyl (C=O) groups is 2. The lowest BCUT2D eigenvalue weighted by Crippen LogP contribution is -2.48. The third-order valence-electron chi connectivity index (χ3n) is 8.92. The highest BCUT2D eigenvalue weighted by Gasteiger charge is 2.39. The first-order chi connectivity index (χ1) is 18.9. The first-order valence-electron chi connectivity index (χ1n) is 13.8. The molecule has 3 aromatic rings. The summed E-state index contributed by atoms with van der Waals surface area (Å²) in [4.78, 5) is 38.1. The molecule has 2 fully saturated rings. The molecular formula is C30H33ClFN5O2. The number of hydrogen-bond acceptors (Lipinski definition) is 4. The summed E-state index contributed by atoms with van der Waals surface area (Å²) in [5, 5.41) is 3.26. The van der Waals surface area contributed by atoms with E-state index in [0.717, 1.165) is 81.6 Å². The molecule has 2 amide bonds. The van der Waals surface area contributed by atoms with Crippen LogP contribution in [-0.4, -0.2) is 57.8 Å². The number of piperidine rings is 2. The molecule has 0 radical (unpaired) electrons. The van der Waals surface area contributed by atoms with Crippen molar-refractivity contribution in [1.29, 1.82) is 0 Å². The lowest BCUT2D eigenvalue weighted by atomic mass is 9.71. The van der Waals surface area contributed by atoms with E-state index >= 15 is 0 Å². The van der Waals surface area contributed by atoms with E-state index in [9.17, 15) is 14.0 Å². The highest BCUT2D eigenvalue weighted by Crippen LogP contribution is 2.42. The molecule has 204 valence electrons. The minimum absolute atomic E-state index is 0.0430. The summed E-state index contributed by atoms with van der Waals surface area (Å²) in [6.45, 7) is 4.56.